The SMILES string of the molecule is C/N=c1\[nH]c2ccccc2[nH]c1=O. The van der Waals surface area contributed by atoms with Gasteiger partial charge in [-0.1, -0.05) is 12.1 Å². The smallest absolute Gasteiger partial charge is 0.291 e. The van der Waals surface area contributed by atoms with Crippen LogP contribution in [0, 0.1) is 0 Å². The van der Waals surface area contributed by atoms with Gasteiger partial charge in [-0.15, -0.1) is 0 Å². The van der Waals surface area contributed by atoms with Crippen molar-refractivity contribution >= 4 is 11.0 Å². The van der Waals surface area contributed by atoms with Crippen LogP contribution in [0.3, 0.4) is 0 Å². The molecule has 1 aromatic heterocycles. The number of hydrogen-bond acceptors (Lipinski definition) is 2. The fourth-order valence-electron chi connectivity index (χ4n) is 1.22. The summed E-state index contributed by atoms with van der Waals surface area (Å²) in [6.45, 7) is 0. The van der Waals surface area contributed by atoms with E-state index in [4.69, 9.17) is 0 Å². The fourth-order valence-corrected chi connectivity index (χ4v) is 1.22. The number of benzene rings is 1. The zero-order valence-corrected chi connectivity index (χ0v) is 7.16. The minimum atomic E-state index is -0.193. The molecule has 0 amide bonds. The third-order valence-electron chi connectivity index (χ3n) is 1.87. The molecule has 4 nitrogen and oxygen atoms in total. The van der Waals surface area contributed by atoms with Crippen LogP contribution in [0.2, 0.25) is 0 Å². The summed E-state index contributed by atoms with van der Waals surface area (Å²) in [4.78, 5) is 20.8. The molecule has 0 saturated heterocycles. The molecule has 2 rings (SSSR count). The molecule has 1 aromatic carbocycles. The van der Waals surface area contributed by atoms with Gasteiger partial charge in [0.2, 0.25) is 0 Å². The van der Waals surface area contributed by atoms with Gasteiger partial charge < -0.3 is 9.97 Å². The molecular weight excluding hydrogens is 166 g/mol. The number of aromatic nitrogens is 2. The number of hydrogen-bond donors (Lipinski definition) is 2. The average Bonchev–Trinajstić information content (AvgIpc) is 2.17. The van der Waals surface area contributed by atoms with Crippen LogP contribution in [0.15, 0.2) is 34.1 Å². The highest BCUT2D eigenvalue weighted by molar-refractivity contribution is 5.72. The first-order valence-electron chi connectivity index (χ1n) is 3.95. The van der Waals surface area contributed by atoms with E-state index in [9.17, 15) is 4.79 Å². The van der Waals surface area contributed by atoms with Crippen molar-refractivity contribution in [3.63, 3.8) is 0 Å². The second-order valence-electron chi connectivity index (χ2n) is 2.70. The summed E-state index contributed by atoms with van der Waals surface area (Å²) in [5.41, 5.74) is 1.82. The molecule has 0 saturated carbocycles. The van der Waals surface area contributed by atoms with Crippen LogP contribution < -0.4 is 11.0 Å². The summed E-state index contributed by atoms with van der Waals surface area (Å²) in [7, 11) is 1.58. The lowest BCUT2D eigenvalue weighted by Gasteiger charge is -1.95. The zero-order valence-electron chi connectivity index (χ0n) is 7.16. The van der Waals surface area contributed by atoms with E-state index in [0.29, 0.717) is 5.49 Å². The monoisotopic (exact) mass is 175 g/mol. The number of nitrogens with zero attached hydrogens (tertiary/aromatic N) is 1. The van der Waals surface area contributed by atoms with Gasteiger partial charge in [0, 0.05) is 7.05 Å². The van der Waals surface area contributed by atoms with E-state index in [1.54, 1.807) is 7.05 Å². The van der Waals surface area contributed by atoms with Crippen molar-refractivity contribution in [2.75, 3.05) is 7.05 Å². The highest BCUT2D eigenvalue weighted by Gasteiger charge is 1.94. The van der Waals surface area contributed by atoms with E-state index >= 15 is 0 Å². The quantitative estimate of drug-likeness (QED) is 0.597. The average molecular weight is 175 g/mol. The molecule has 0 radical (unpaired) electrons. The maximum Gasteiger partial charge on any atom is 0.291 e. The van der Waals surface area contributed by atoms with Crippen LogP contribution in [0.25, 0.3) is 11.0 Å². The Balaban J connectivity index is 2.98. The number of rotatable bonds is 0. The Bertz CT molecular complexity index is 550. The molecule has 0 fully saturated rings. The Hall–Kier alpha value is -1.84. The molecule has 1 heterocycles. The first kappa shape index (κ1) is 7.79. The van der Waals surface area contributed by atoms with Crippen LogP contribution in [-0.4, -0.2) is 17.0 Å². The summed E-state index contributed by atoms with van der Waals surface area (Å²) in [6, 6.07) is 7.50. The van der Waals surface area contributed by atoms with Crippen LogP contribution in [-0.2, 0) is 0 Å². The van der Waals surface area contributed by atoms with Gasteiger partial charge in [-0.3, -0.25) is 9.79 Å². The molecular formula is C9H9N3O. The number of para-hydroxylation sites is 2. The van der Waals surface area contributed by atoms with Crippen molar-refractivity contribution in [2.24, 2.45) is 4.99 Å². The van der Waals surface area contributed by atoms with E-state index in [2.05, 4.69) is 15.0 Å². The van der Waals surface area contributed by atoms with Gasteiger partial charge >= 0.3 is 0 Å². The zero-order chi connectivity index (χ0) is 9.26. The Morgan fingerprint density at radius 3 is 2.38 bits per heavy atom. The third kappa shape index (κ3) is 1.26. The second-order valence-corrected chi connectivity index (χ2v) is 2.70. The van der Waals surface area contributed by atoms with Gasteiger partial charge in [0.15, 0.2) is 5.49 Å². The predicted octanol–water partition coefficient (Wildman–Crippen LogP) is 0.387. The molecule has 0 aliphatic rings. The maximum atomic E-state index is 11.3. The predicted molar refractivity (Wildman–Crippen MR) is 50.4 cm³/mol. The second kappa shape index (κ2) is 2.90. The summed E-state index contributed by atoms with van der Waals surface area (Å²) in [5, 5.41) is 0. The molecule has 2 aromatic rings. The number of H-pyrrole nitrogens is 2. The summed E-state index contributed by atoms with van der Waals surface area (Å²) in [5.74, 6) is 0. The fraction of sp³-hybridized carbons (Fsp3) is 0.111. The molecule has 0 aliphatic heterocycles. The van der Waals surface area contributed by atoms with Gasteiger partial charge in [-0.25, -0.2) is 0 Å². The normalized spacial score (nSPS) is 12.2. The standard InChI is InChI=1S/C9H9N3O/c1-10-8-9(13)12-7-5-3-2-4-6(7)11-8/h2-5H,1H3,(H,10,11)(H,12,13). The summed E-state index contributed by atoms with van der Waals surface area (Å²) >= 11 is 0. The molecule has 0 aliphatic carbocycles. The molecule has 4 heteroatoms. The highest BCUT2D eigenvalue weighted by Crippen LogP contribution is 2.01. The minimum absolute atomic E-state index is 0.193. The number of nitrogens with one attached hydrogen (secondary N) is 2. The van der Waals surface area contributed by atoms with Gasteiger partial charge in [-0.05, 0) is 12.1 Å². The van der Waals surface area contributed by atoms with Gasteiger partial charge in [-0.2, -0.15) is 0 Å². The molecule has 0 atom stereocenters. The first-order chi connectivity index (χ1) is 6.31. The Kier molecular flexibility index (Phi) is 1.73. The van der Waals surface area contributed by atoms with Crippen molar-refractivity contribution < 1.29 is 0 Å². The lowest BCUT2D eigenvalue weighted by Crippen LogP contribution is -2.30. The van der Waals surface area contributed by atoms with Crippen LogP contribution >= 0.6 is 0 Å². The largest absolute Gasteiger partial charge is 0.334 e. The van der Waals surface area contributed by atoms with Crippen LogP contribution in [0.1, 0.15) is 0 Å². The van der Waals surface area contributed by atoms with E-state index in [-0.39, 0.29) is 5.56 Å². The van der Waals surface area contributed by atoms with Gasteiger partial charge in [0.25, 0.3) is 5.56 Å². The van der Waals surface area contributed by atoms with Gasteiger partial charge in [0.1, 0.15) is 0 Å². The molecule has 66 valence electrons. The van der Waals surface area contributed by atoms with Crippen molar-refractivity contribution in [1.29, 1.82) is 0 Å². The molecule has 0 unspecified atom stereocenters. The highest BCUT2D eigenvalue weighted by atomic mass is 16.1. The topological polar surface area (TPSA) is 61.0 Å². The lowest BCUT2D eigenvalue weighted by molar-refractivity contribution is 1.06. The van der Waals surface area contributed by atoms with Crippen molar-refractivity contribution in [3.8, 4) is 0 Å². The summed E-state index contributed by atoms with van der Waals surface area (Å²) in [6.07, 6.45) is 0. The maximum absolute atomic E-state index is 11.3. The third-order valence-corrected chi connectivity index (χ3v) is 1.87. The molecule has 0 spiro atoms. The van der Waals surface area contributed by atoms with Gasteiger partial charge in [0.05, 0.1) is 11.0 Å². The number of aromatic amines is 2. The summed E-state index contributed by atoms with van der Waals surface area (Å²) < 4.78 is 0. The number of fused-ring (bicyclic) bond motifs is 1. The first-order valence-corrected chi connectivity index (χ1v) is 3.95. The van der Waals surface area contributed by atoms with Crippen LogP contribution in [0.4, 0.5) is 0 Å². The molecule has 0 bridgehead atoms. The Morgan fingerprint density at radius 2 is 1.77 bits per heavy atom. The van der Waals surface area contributed by atoms with E-state index < -0.39 is 0 Å². The van der Waals surface area contributed by atoms with Crippen molar-refractivity contribution in [3.05, 3.63) is 40.1 Å². The van der Waals surface area contributed by atoms with Crippen molar-refractivity contribution in [1.82, 2.24) is 9.97 Å². The lowest BCUT2D eigenvalue weighted by atomic mass is 10.3. The van der Waals surface area contributed by atoms with E-state index in [1.807, 2.05) is 24.3 Å². The molecule has 2 N–H and O–H groups in total. The minimum Gasteiger partial charge on any atom is -0.334 e. The molecule has 13 heavy (non-hydrogen) atoms. The Labute approximate surface area is 74.0 Å². The van der Waals surface area contributed by atoms with E-state index in [1.165, 1.54) is 0 Å². The van der Waals surface area contributed by atoms with E-state index in [0.717, 1.165) is 11.0 Å². The van der Waals surface area contributed by atoms with Crippen LogP contribution in [0.5, 0.6) is 0 Å². The van der Waals surface area contributed by atoms with Crippen molar-refractivity contribution in [2.45, 2.75) is 0 Å². The Morgan fingerprint density at radius 1 is 1.15 bits per heavy atom.